The number of benzene rings is 2. The molecule has 1 N–H and O–H groups in total. The van der Waals surface area contributed by atoms with E-state index >= 15 is 0 Å². The molecule has 2 aromatic carbocycles. The fourth-order valence-electron chi connectivity index (χ4n) is 2.41. The summed E-state index contributed by atoms with van der Waals surface area (Å²) in [5.41, 5.74) is 1.74. The average molecular weight is 297 g/mol. The first-order chi connectivity index (χ1) is 10.6. The summed E-state index contributed by atoms with van der Waals surface area (Å²) in [5, 5.41) is 2.89. The van der Waals surface area contributed by atoms with E-state index in [4.69, 9.17) is 9.47 Å². The third-order valence-corrected chi connectivity index (χ3v) is 3.58. The summed E-state index contributed by atoms with van der Waals surface area (Å²) in [4.78, 5) is 12.0. The number of carbonyl (C=O) groups excluding carboxylic acids is 1. The predicted octanol–water partition coefficient (Wildman–Crippen LogP) is 3.62. The largest absolute Gasteiger partial charge is 0.485 e. The minimum atomic E-state index is -0.492. The van der Waals surface area contributed by atoms with Crippen LogP contribution < -0.4 is 14.8 Å². The zero-order valence-electron chi connectivity index (χ0n) is 12.7. The molecular formula is C18H19NO3. The van der Waals surface area contributed by atoms with Crippen molar-refractivity contribution in [3.63, 3.8) is 0 Å². The quantitative estimate of drug-likeness (QED) is 0.937. The van der Waals surface area contributed by atoms with Gasteiger partial charge in [-0.05, 0) is 23.6 Å². The van der Waals surface area contributed by atoms with Gasteiger partial charge in [0.2, 0.25) is 0 Å². The third-order valence-electron chi connectivity index (χ3n) is 3.58. The van der Waals surface area contributed by atoms with Gasteiger partial charge in [-0.25, -0.2) is 0 Å². The Bertz CT molecular complexity index is 667. The van der Waals surface area contributed by atoms with Crippen molar-refractivity contribution in [2.24, 2.45) is 5.92 Å². The number of fused-ring (bicyclic) bond motifs is 1. The van der Waals surface area contributed by atoms with E-state index in [-0.39, 0.29) is 11.8 Å². The minimum absolute atomic E-state index is 0.0929. The van der Waals surface area contributed by atoms with Gasteiger partial charge in [-0.3, -0.25) is 4.79 Å². The molecule has 0 aliphatic carbocycles. The van der Waals surface area contributed by atoms with Crippen molar-refractivity contribution in [1.29, 1.82) is 0 Å². The lowest BCUT2D eigenvalue weighted by molar-refractivity contribution is -0.125. The summed E-state index contributed by atoms with van der Waals surface area (Å²) >= 11 is 0. The van der Waals surface area contributed by atoms with E-state index in [0.717, 1.165) is 5.56 Å². The molecule has 0 radical (unpaired) electrons. The van der Waals surface area contributed by atoms with Crippen LogP contribution in [0.5, 0.6) is 11.5 Å². The molecule has 4 heteroatoms. The molecule has 0 fully saturated rings. The monoisotopic (exact) mass is 297 g/mol. The van der Waals surface area contributed by atoms with Gasteiger partial charge in [0.15, 0.2) is 17.6 Å². The number of amides is 1. The normalized spacial score (nSPS) is 16.7. The number of ether oxygens (including phenoxy) is 2. The van der Waals surface area contributed by atoms with Gasteiger partial charge in [0.1, 0.15) is 6.61 Å². The van der Waals surface area contributed by atoms with E-state index in [1.165, 1.54) is 0 Å². The van der Waals surface area contributed by atoms with Gasteiger partial charge < -0.3 is 14.8 Å². The SMILES string of the molecule is CC(C)C1Oc2c(cccc2OCc2ccccc2)NC1=O. The molecule has 2 aromatic rings. The highest BCUT2D eigenvalue weighted by Gasteiger charge is 2.31. The first-order valence-corrected chi connectivity index (χ1v) is 7.42. The van der Waals surface area contributed by atoms with Crippen molar-refractivity contribution in [1.82, 2.24) is 0 Å². The lowest BCUT2D eigenvalue weighted by Crippen LogP contribution is -2.40. The molecule has 1 unspecified atom stereocenters. The van der Waals surface area contributed by atoms with Crippen molar-refractivity contribution in [3.8, 4) is 11.5 Å². The van der Waals surface area contributed by atoms with Gasteiger partial charge in [-0.15, -0.1) is 0 Å². The van der Waals surface area contributed by atoms with Crippen molar-refractivity contribution < 1.29 is 14.3 Å². The van der Waals surface area contributed by atoms with Crippen LogP contribution >= 0.6 is 0 Å². The highest BCUT2D eigenvalue weighted by atomic mass is 16.5. The van der Waals surface area contributed by atoms with E-state index in [0.29, 0.717) is 23.8 Å². The number of hydrogen-bond acceptors (Lipinski definition) is 3. The fraction of sp³-hybridized carbons (Fsp3) is 0.278. The maximum atomic E-state index is 12.0. The van der Waals surface area contributed by atoms with Crippen LogP contribution in [0.3, 0.4) is 0 Å². The molecule has 1 amide bonds. The second-order valence-electron chi connectivity index (χ2n) is 5.68. The molecule has 0 bridgehead atoms. The van der Waals surface area contributed by atoms with Crippen LogP contribution in [0.25, 0.3) is 0 Å². The van der Waals surface area contributed by atoms with Crippen LogP contribution in [0.4, 0.5) is 5.69 Å². The summed E-state index contributed by atoms with van der Waals surface area (Å²) in [6, 6.07) is 15.5. The number of nitrogens with one attached hydrogen (secondary N) is 1. The first kappa shape index (κ1) is 14.4. The smallest absolute Gasteiger partial charge is 0.265 e. The molecule has 0 aromatic heterocycles. The van der Waals surface area contributed by atoms with E-state index in [1.807, 2.05) is 62.4 Å². The molecule has 1 aliphatic heterocycles. The van der Waals surface area contributed by atoms with Crippen molar-refractivity contribution in [3.05, 3.63) is 54.1 Å². The number of anilines is 1. The molecule has 3 rings (SSSR count). The molecule has 0 spiro atoms. The van der Waals surface area contributed by atoms with Gasteiger partial charge in [-0.1, -0.05) is 50.2 Å². The highest BCUT2D eigenvalue weighted by molar-refractivity contribution is 5.98. The maximum Gasteiger partial charge on any atom is 0.265 e. The molecule has 1 atom stereocenters. The van der Waals surface area contributed by atoms with Crippen LogP contribution in [-0.2, 0) is 11.4 Å². The topological polar surface area (TPSA) is 47.6 Å². The van der Waals surface area contributed by atoms with Crippen molar-refractivity contribution in [2.45, 2.75) is 26.6 Å². The van der Waals surface area contributed by atoms with Gasteiger partial charge >= 0.3 is 0 Å². The zero-order chi connectivity index (χ0) is 15.5. The molecule has 4 nitrogen and oxygen atoms in total. The van der Waals surface area contributed by atoms with Crippen molar-refractivity contribution in [2.75, 3.05) is 5.32 Å². The Kier molecular flexibility index (Phi) is 4.00. The highest BCUT2D eigenvalue weighted by Crippen LogP contribution is 2.40. The lowest BCUT2D eigenvalue weighted by atomic mass is 10.0. The molecule has 22 heavy (non-hydrogen) atoms. The first-order valence-electron chi connectivity index (χ1n) is 7.42. The Morgan fingerprint density at radius 3 is 2.64 bits per heavy atom. The average Bonchev–Trinajstić information content (AvgIpc) is 2.52. The fourth-order valence-corrected chi connectivity index (χ4v) is 2.41. The summed E-state index contributed by atoms with van der Waals surface area (Å²) in [6.45, 7) is 4.38. The van der Waals surface area contributed by atoms with Crippen LogP contribution in [-0.4, -0.2) is 12.0 Å². The Labute approximate surface area is 130 Å². The number of hydrogen-bond donors (Lipinski definition) is 1. The van der Waals surface area contributed by atoms with E-state index in [2.05, 4.69) is 5.32 Å². The summed E-state index contributed by atoms with van der Waals surface area (Å²) in [7, 11) is 0. The van der Waals surface area contributed by atoms with E-state index in [1.54, 1.807) is 0 Å². The Balaban J connectivity index is 1.82. The third kappa shape index (κ3) is 2.91. The molecule has 0 saturated carbocycles. The van der Waals surface area contributed by atoms with E-state index < -0.39 is 6.10 Å². The molecule has 0 saturated heterocycles. The van der Waals surface area contributed by atoms with Crippen LogP contribution in [0.15, 0.2) is 48.5 Å². The van der Waals surface area contributed by atoms with Crippen LogP contribution in [0, 0.1) is 5.92 Å². The van der Waals surface area contributed by atoms with E-state index in [9.17, 15) is 4.79 Å². The van der Waals surface area contributed by atoms with Crippen LogP contribution in [0.1, 0.15) is 19.4 Å². The Morgan fingerprint density at radius 1 is 1.14 bits per heavy atom. The predicted molar refractivity (Wildman–Crippen MR) is 85.1 cm³/mol. The maximum absolute atomic E-state index is 12.0. The van der Waals surface area contributed by atoms with Crippen molar-refractivity contribution >= 4 is 11.6 Å². The van der Waals surface area contributed by atoms with Gasteiger partial charge in [-0.2, -0.15) is 0 Å². The second-order valence-corrected chi connectivity index (χ2v) is 5.68. The molecule has 1 aliphatic rings. The second kappa shape index (κ2) is 6.10. The van der Waals surface area contributed by atoms with Gasteiger partial charge in [0.05, 0.1) is 5.69 Å². The minimum Gasteiger partial charge on any atom is -0.485 e. The molecule has 114 valence electrons. The number of carbonyl (C=O) groups is 1. The standard InChI is InChI=1S/C18H19NO3/c1-12(2)16-18(20)19-14-9-6-10-15(17(14)22-16)21-11-13-7-4-3-5-8-13/h3-10,12,16H,11H2,1-2H3,(H,19,20). The van der Waals surface area contributed by atoms with Crippen LogP contribution in [0.2, 0.25) is 0 Å². The number of rotatable bonds is 4. The Hall–Kier alpha value is -2.49. The van der Waals surface area contributed by atoms with Gasteiger partial charge in [0, 0.05) is 0 Å². The van der Waals surface area contributed by atoms with Gasteiger partial charge in [0.25, 0.3) is 5.91 Å². The summed E-state index contributed by atoms with van der Waals surface area (Å²) < 4.78 is 11.8. The molecular weight excluding hydrogens is 278 g/mol. The summed E-state index contributed by atoms with van der Waals surface area (Å²) in [6.07, 6.45) is -0.492. The number of para-hydroxylation sites is 1. The summed E-state index contributed by atoms with van der Waals surface area (Å²) in [5.74, 6) is 1.24. The zero-order valence-corrected chi connectivity index (χ0v) is 12.7. The lowest BCUT2D eigenvalue weighted by Gasteiger charge is -2.29. The Morgan fingerprint density at radius 2 is 1.91 bits per heavy atom. The molecule has 1 heterocycles.